The highest BCUT2D eigenvalue weighted by molar-refractivity contribution is 5.96. The summed E-state index contributed by atoms with van der Waals surface area (Å²) >= 11 is 0. The molecule has 2 heterocycles. The van der Waals surface area contributed by atoms with Crippen molar-refractivity contribution in [2.75, 3.05) is 32.8 Å². The van der Waals surface area contributed by atoms with Crippen molar-refractivity contribution >= 4 is 5.91 Å². The van der Waals surface area contributed by atoms with Crippen molar-refractivity contribution in [3.63, 3.8) is 0 Å². The molecule has 0 bridgehead atoms. The van der Waals surface area contributed by atoms with Gasteiger partial charge in [-0.3, -0.25) is 9.69 Å². The maximum absolute atomic E-state index is 13.4. The number of nitrogens with one attached hydrogen (secondary N) is 1. The molecule has 3 aromatic rings. The summed E-state index contributed by atoms with van der Waals surface area (Å²) in [6, 6.07) is 16.2. The second-order valence-electron chi connectivity index (χ2n) is 7.72. The number of nitrogens with zero attached hydrogens (tertiary/aromatic N) is 3. The maximum Gasteiger partial charge on any atom is 0.255 e. The Hall–Kier alpha value is -3.03. The fourth-order valence-electron chi connectivity index (χ4n) is 4.10. The van der Waals surface area contributed by atoms with E-state index in [1.165, 1.54) is 12.1 Å². The highest BCUT2D eigenvalue weighted by atomic mass is 19.1. The number of ether oxygens (including phenoxy) is 1. The maximum atomic E-state index is 13.4. The second-order valence-corrected chi connectivity index (χ2v) is 7.72. The number of halogens is 1. The van der Waals surface area contributed by atoms with E-state index in [0.29, 0.717) is 31.0 Å². The van der Waals surface area contributed by atoms with E-state index in [1.54, 1.807) is 16.8 Å². The fraction of sp³-hybridized carbons (Fsp3) is 0.333. The van der Waals surface area contributed by atoms with Gasteiger partial charge in [0.2, 0.25) is 0 Å². The topological polar surface area (TPSA) is 59.4 Å². The van der Waals surface area contributed by atoms with Crippen molar-refractivity contribution < 1.29 is 13.9 Å². The van der Waals surface area contributed by atoms with E-state index in [9.17, 15) is 9.18 Å². The van der Waals surface area contributed by atoms with E-state index in [-0.39, 0.29) is 17.8 Å². The van der Waals surface area contributed by atoms with Crippen LogP contribution in [-0.4, -0.2) is 53.4 Å². The summed E-state index contributed by atoms with van der Waals surface area (Å²) in [5, 5.41) is 7.66. The summed E-state index contributed by atoms with van der Waals surface area (Å²) in [6.45, 7) is 6.99. The molecule has 0 radical (unpaired) electrons. The largest absolute Gasteiger partial charge is 0.379 e. The molecule has 7 heteroatoms. The van der Waals surface area contributed by atoms with Crippen LogP contribution in [0.25, 0.3) is 5.69 Å². The Balaban J connectivity index is 1.54. The zero-order valence-corrected chi connectivity index (χ0v) is 17.8. The average molecular weight is 423 g/mol. The summed E-state index contributed by atoms with van der Waals surface area (Å²) in [5.74, 6) is -0.425. The monoisotopic (exact) mass is 422 g/mol. The number of aryl methyl sites for hydroxylation is 1. The molecule has 1 N–H and O–H groups in total. The van der Waals surface area contributed by atoms with Gasteiger partial charge in [0, 0.05) is 19.6 Å². The first-order chi connectivity index (χ1) is 15.0. The first-order valence-electron chi connectivity index (χ1n) is 10.5. The minimum absolute atomic E-state index is 0.0572. The standard InChI is InChI=1S/C24H27FN4O2/c1-17-23(18(2)29(27-17)21-6-4-3-5-7-21)24(30)26-16-22(28-12-14-31-15-13-28)19-8-10-20(25)11-9-19/h3-11,22H,12-16H2,1-2H3,(H,26,30). The van der Waals surface area contributed by atoms with Gasteiger partial charge >= 0.3 is 0 Å². The van der Waals surface area contributed by atoms with Crippen molar-refractivity contribution in [3.05, 3.63) is 82.9 Å². The highest BCUT2D eigenvalue weighted by Gasteiger charge is 2.25. The van der Waals surface area contributed by atoms with Gasteiger partial charge in [-0.25, -0.2) is 9.07 Å². The van der Waals surface area contributed by atoms with Crippen LogP contribution in [0.1, 0.15) is 33.4 Å². The summed E-state index contributed by atoms with van der Waals surface area (Å²) < 4.78 is 20.7. The van der Waals surface area contributed by atoms with Gasteiger partial charge in [-0.15, -0.1) is 0 Å². The van der Waals surface area contributed by atoms with Crippen LogP contribution >= 0.6 is 0 Å². The predicted octanol–water partition coefficient (Wildman–Crippen LogP) is 3.43. The number of aromatic nitrogens is 2. The molecule has 1 amide bonds. The third-order valence-electron chi connectivity index (χ3n) is 5.72. The number of amides is 1. The van der Waals surface area contributed by atoms with Gasteiger partial charge in [-0.05, 0) is 43.7 Å². The van der Waals surface area contributed by atoms with E-state index in [2.05, 4.69) is 15.3 Å². The van der Waals surface area contributed by atoms with Gasteiger partial charge in [-0.2, -0.15) is 5.10 Å². The van der Waals surface area contributed by atoms with E-state index in [1.807, 2.05) is 44.2 Å². The van der Waals surface area contributed by atoms with Crippen molar-refractivity contribution in [2.24, 2.45) is 0 Å². The molecule has 1 aromatic heterocycles. The molecule has 0 spiro atoms. The van der Waals surface area contributed by atoms with Crippen molar-refractivity contribution in [1.29, 1.82) is 0 Å². The minimum atomic E-state index is -0.270. The lowest BCUT2D eigenvalue weighted by Gasteiger charge is -2.35. The summed E-state index contributed by atoms with van der Waals surface area (Å²) in [6.07, 6.45) is 0. The normalized spacial score (nSPS) is 15.6. The van der Waals surface area contributed by atoms with E-state index >= 15 is 0 Å². The van der Waals surface area contributed by atoms with Gasteiger partial charge in [0.1, 0.15) is 5.82 Å². The van der Waals surface area contributed by atoms with Gasteiger partial charge in [0.05, 0.1) is 41.9 Å². The van der Waals surface area contributed by atoms with E-state index in [0.717, 1.165) is 30.0 Å². The third-order valence-corrected chi connectivity index (χ3v) is 5.72. The lowest BCUT2D eigenvalue weighted by atomic mass is 10.0. The summed E-state index contributed by atoms with van der Waals surface area (Å²) in [5.41, 5.74) is 3.95. The lowest BCUT2D eigenvalue weighted by molar-refractivity contribution is 0.0162. The Bertz CT molecular complexity index is 1030. The fourth-order valence-corrected chi connectivity index (χ4v) is 4.10. The Morgan fingerprint density at radius 3 is 2.45 bits per heavy atom. The van der Waals surface area contributed by atoms with Crippen LogP contribution in [0.2, 0.25) is 0 Å². The number of para-hydroxylation sites is 1. The van der Waals surface area contributed by atoms with Gasteiger partial charge in [0.25, 0.3) is 5.91 Å². The van der Waals surface area contributed by atoms with Crippen LogP contribution in [0.3, 0.4) is 0 Å². The first kappa shape index (κ1) is 21.2. The molecule has 31 heavy (non-hydrogen) atoms. The molecule has 6 nitrogen and oxygen atoms in total. The molecule has 0 aliphatic carbocycles. The zero-order chi connectivity index (χ0) is 21.8. The summed E-state index contributed by atoms with van der Waals surface area (Å²) in [4.78, 5) is 15.4. The smallest absolute Gasteiger partial charge is 0.255 e. The third kappa shape index (κ3) is 4.68. The molecule has 0 saturated carbocycles. The van der Waals surface area contributed by atoms with Crippen LogP contribution in [0.15, 0.2) is 54.6 Å². The Labute approximate surface area is 181 Å². The minimum Gasteiger partial charge on any atom is -0.379 e. The van der Waals surface area contributed by atoms with Gasteiger partial charge in [0.15, 0.2) is 0 Å². The number of carbonyl (C=O) groups is 1. The zero-order valence-electron chi connectivity index (χ0n) is 17.8. The van der Waals surface area contributed by atoms with Crippen LogP contribution < -0.4 is 5.32 Å². The summed E-state index contributed by atoms with van der Waals surface area (Å²) in [7, 11) is 0. The predicted molar refractivity (Wildman–Crippen MR) is 117 cm³/mol. The highest BCUT2D eigenvalue weighted by Crippen LogP contribution is 2.23. The van der Waals surface area contributed by atoms with Crippen molar-refractivity contribution in [3.8, 4) is 5.69 Å². The molecule has 1 atom stereocenters. The number of carbonyl (C=O) groups excluding carboxylic acids is 1. The average Bonchev–Trinajstić information content (AvgIpc) is 3.10. The van der Waals surface area contributed by atoms with E-state index in [4.69, 9.17) is 4.74 Å². The van der Waals surface area contributed by atoms with Crippen LogP contribution in [0.5, 0.6) is 0 Å². The number of hydrogen-bond donors (Lipinski definition) is 1. The number of morpholine rings is 1. The van der Waals surface area contributed by atoms with Gasteiger partial charge in [-0.1, -0.05) is 30.3 Å². The lowest BCUT2D eigenvalue weighted by Crippen LogP contribution is -2.44. The molecule has 4 rings (SSSR count). The van der Waals surface area contributed by atoms with Crippen molar-refractivity contribution in [2.45, 2.75) is 19.9 Å². The Morgan fingerprint density at radius 2 is 1.77 bits per heavy atom. The SMILES string of the molecule is Cc1nn(-c2ccccc2)c(C)c1C(=O)NCC(c1ccc(F)cc1)N1CCOCC1. The number of rotatable bonds is 6. The first-order valence-corrected chi connectivity index (χ1v) is 10.5. The molecule has 2 aromatic carbocycles. The Morgan fingerprint density at radius 1 is 1.10 bits per heavy atom. The Kier molecular flexibility index (Phi) is 6.44. The molecule has 1 aliphatic heterocycles. The quantitative estimate of drug-likeness (QED) is 0.661. The molecule has 1 unspecified atom stereocenters. The number of hydrogen-bond acceptors (Lipinski definition) is 4. The number of benzene rings is 2. The second kappa shape index (κ2) is 9.41. The van der Waals surface area contributed by atoms with Gasteiger partial charge < -0.3 is 10.1 Å². The van der Waals surface area contributed by atoms with Crippen LogP contribution in [0, 0.1) is 19.7 Å². The van der Waals surface area contributed by atoms with E-state index < -0.39 is 0 Å². The van der Waals surface area contributed by atoms with Crippen molar-refractivity contribution in [1.82, 2.24) is 20.0 Å². The molecular formula is C24H27FN4O2. The molecule has 1 aliphatic rings. The molecule has 1 fully saturated rings. The molecule has 1 saturated heterocycles. The van der Waals surface area contributed by atoms with Crippen LogP contribution in [-0.2, 0) is 4.74 Å². The molecular weight excluding hydrogens is 395 g/mol. The molecule has 162 valence electrons. The van der Waals surface area contributed by atoms with Crippen LogP contribution in [0.4, 0.5) is 4.39 Å².